The van der Waals surface area contributed by atoms with Gasteiger partial charge in [-0.15, -0.1) is 0 Å². The van der Waals surface area contributed by atoms with E-state index in [-0.39, 0.29) is 5.91 Å². The molecule has 1 aliphatic heterocycles. The molecule has 2 heterocycles. The van der Waals surface area contributed by atoms with E-state index in [1.54, 1.807) is 27.2 Å². The molecule has 0 unspecified atom stereocenters. The van der Waals surface area contributed by atoms with Gasteiger partial charge < -0.3 is 18.9 Å². The molecule has 3 rings (SSSR count). The quantitative estimate of drug-likeness (QED) is 0.869. The van der Waals surface area contributed by atoms with Gasteiger partial charge >= 0.3 is 0 Å². The maximum absolute atomic E-state index is 12.5. The van der Waals surface area contributed by atoms with Gasteiger partial charge in [0.05, 0.1) is 14.2 Å². The van der Waals surface area contributed by atoms with Gasteiger partial charge in [0.25, 0.3) is 5.91 Å². The van der Waals surface area contributed by atoms with E-state index < -0.39 is 0 Å². The van der Waals surface area contributed by atoms with E-state index >= 15 is 0 Å². The van der Waals surface area contributed by atoms with Crippen molar-refractivity contribution >= 4 is 5.91 Å². The molecule has 1 aromatic heterocycles. The molecule has 0 saturated heterocycles. The summed E-state index contributed by atoms with van der Waals surface area (Å²) >= 11 is 0. The Labute approximate surface area is 135 Å². The van der Waals surface area contributed by atoms with E-state index in [4.69, 9.17) is 14.0 Å². The monoisotopic (exact) mass is 316 g/mol. The Kier molecular flexibility index (Phi) is 4.23. The summed E-state index contributed by atoms with van der Waals surface area (Å²) in [6.45, 7) is 3.07. The van der Waals surface area contributed by atoms with Gasteiger partial charge in [0.15, 0.2) is 17.2 Å². The fraction of sp³-hybridized carbons (Fsp3) is 0.412. The number of nitrogens with zero attached hydrogens (tertiary/aromatic N) is 2. The van der Waals surface area contributed by atoms with Crippen LogP contribution in [0.15, 0.2) is 22.7 Å². The number of rotatable bonds is 3. The number of ether oxygens (including phenoxy) is 2. The normalized spacial score (nSPS) is 14.1. The standard InChI is InChI=1S/C17H20N2O4/c1-11-8-14(18-23-11)17(20)19-6-4-12-9-15(21-2)16(22-3)10-13(12)5-7-19/h8-10H,4-7H2,1-3H3. The third-order valence-corrected chi connectivity index (χ3v) is 4.14. The molecule has 0 saturated carbocycles. The smallest absolute Gasteiger partial charge is 0.276 e. The van der Waals surface area contributed by atoms with Crippen LogP contribution in [0.1, 0.15) is 27.4 Å². The molecular weight excluding hydrogens is 296 g/mol. The molecule has 1 aromatic carbocycles. The number of carbonyl (C=O) groups excluding carboxylic acids is 1. The lowest BCUT2D eigenvalue weighted by molar-refractivity contribution is 0.0752. The van der Waals surface area contributed by atoms with Crippen LogP contribution in [0.4, 0.5) is 0 Å². The predicted octanol–water partition coefficient (Wildman–Crippen LogP) is 2.24. The second-order valence-corrected chi connectivity index (χ2v) is 5.59. The highest BCUT2D eigenvalue weighted by molar-refractivity contribution is 5.92. The van der Waals surface area contributed by atoms with Gasteiger partial charge in [-0.05, 0) is 43.0 Å². The van der Waals surface area contributed by atoms with Crippen LogP contribution in [-0.4, -0.2) is 43.3 Å². The lowest BCUT2D eigenvalue weighted by Gasteiger charge is -2.18. The average molecular weight is 316 g/mol. The molecule has 0 fully saturated rings. The Bertz CT molecular complexity index is 688. The highest BCUT2D eigenvalue weighted by Gasteiger charge is 2.23. The first-order valence-electron chi connectivity index (χ1n) is 7.58. The highest BCUT2D eigenvalue weighted by Crippen LogP contribution is 2.32. The zero-order valence-corrected chi connectivity index (χ0v) is 13.6. The fourth-order valence-corrected chi connectivity index (χ4v) is 2.88. The molecule has 0 radical (unpaired) electrons. The third kappa shape index (κ3) is 3.02. The Hall–Kier alpha value is -2.50. The van der Waals surface area contributed by atoms with Gasteiger partial charge in [0.2, 0.25) is 0 Å². The summed E-state index contributed by atoms with van der Waals surface area (Å²) in [4.78, 5) is 14.3. The zero-order chi connectivity index (χ0) is 16.4. The maximum Gasteiger partial charge on any atom is 0.276 e. The molecular formula is C17H20N2O4. The van der Waals surface area contributed by atoms with Crippen molar-refractivity contribution in [2.24, 2.45) is 0 Å². The summed E-state index contributed by atoms with van der Waals surface area (Å²) < 4.78 is 15.7. The van der Waals surface area contributed by atoms with Crippen molar-refractivity contribution in [1.82, 2.24) is 10.1 Å². The summed E-state index contributed by atoms with van der Waals surface area (Å²) in [7, 11) is 3.26. The first-order valence-corrected chi connectivity index (χ1v) is 7.58. The Morgan fingerprint density at radius 1 is 1.09 bits per heavy atom. The number of aromatic nitrogens is 1. The molecule has 1 amide bonds. The van der Waals surface area contributed by atoms with E-state index in [9.17, 15) is 4.79 Å². The van der Waals surface area contributed by atoms with Gasteiger partial charge in [-0.2, -0.15) is 0 Å². The lowest BCUT2D eigenvalue weighted by atomic mass is 10.0. The molecule has 6 heteroatoms. The topological polar surface area (TPSA) is 64.8 Å². The molecule has 23 heavy (non-hydrogen) atoms. The minimum Gasteiger partial charge on any atom is -0.493 e. The summed E-state index contributed by atoms with van der Waals surface area (Å²) in [6, 6.07) is 5.68. The Balaban J connectivity index is 1.81. The number of methoxy groups -OCH3 is 2. The van der Waals surface area contributed by atoms with Gasteiger partial charge in [-0.3, -0.25) is 4.79 Å². The van der Waals surface area contributed by atoms with Crippen molar-refractivity contribution in [3.8, 4) is 11.5 Å². The predicted molar refractivity (Wildman–Crippen MR) is 84.1 cm³/mol. The molecule has 0 atom stereocenters. The van der Waals surface area contributed by atoms with Crippen LogP contribution in [0.2, 0.25) is 0 Å². The summed E-state index contributed by atoms with van der Waals surface area (Å²) in [5, 5.41) is 3.82. The van der Waals surface area contributed by atoms with E-state index in [0.29, 0.717) is 24.5 Å². The fourth-order valence-electron chi connectivity index (χ4n) is 2.88. The number of hydrogen-bond donors (Lipinski definition) is 0. The van der Waals surface area contributed by atoms with Gasteiger partial charge in [-0.1, -0.05) is 5.16 Å². The molecule has 0 bridgehead atoms. The van der Waals surface area contributed by atoms with Crippen molar-refractivity contribution in [3.05, 3.63) is 40.8 Å². The van der Waals surface area contributed by atoms with Crippen molar-refractivity contribution < 1.29 is 18.8 Å². The van der Waals surface area contributed by atoms with Crippen LogP contribution < -0.4 is 9.47 Å². The minimum atomic E-state index is -0.0893. The SMILES string of the molecule is COc1cc2c(cc1OC)CCN(C(=O)c1cc(C)on1)CC2. The van der Waals surface area contributed by atoms with E-state index in [0.717, 1.165) is 24.3 Å². The number of amides is 1. The van der Waals surface area contributed by atoms with Crippen molar-refractivity contribution in [1.29, 1.82) is 0 Å². The van der Waals surface area contributed by atoms with Crippen LogP contribution in [0.5, 0.6) is 11.5 Å². The van der Waals surface area contributed by atoms with Gasteiger partial charge in [0.1, 0.15) is 5.76 Å². The van der Waals surface area contributed by atoms with Crippen LogP contribution in [0, 0.1) is 6.92 Å². The van der Waals surface area contributed by atoms with E-state index in [1.807, 2.05) is 17.0 Å². The van der Waals surface area contributed by atoms with Crippen molar-refractivity contribution in [2.45, 2.75) is 19.8 Å². The number of aryl methyl sites for hydroxylation is 1. The Morgan fingerprint density at radius 2 is 1.65 bits per heavy atom. The van der Waals surface area contributed by atoms with Gasteiger partial charge in [-0.25, -0.2) is 0 Å². The molecule has 1 aliphatic rings. The minimum absolute atomic E-state index is 0.0893. The molecule has 6 nitrogen and oxygen atoms in total. The molecule has 2 aromatic rings. The summed E-state index contributed by atoms with van der Waals surface area (Å²) in [6.07, 6.45) is 1.55. The van der Waals surface area contributed by atoms with Crippen LogP contribution >= 0.6 is 0 Å². The third-order valence-electron chi connectivity index (χ3n) is 4.14. The number of fused-ring (bicyclic) bond motifs is 1. The van der Waals surface area contributed by atoms with Crippen LogP contribution in [0.3, 0.4) is 0 Å². The first kappa shape index (κ1) is 15.4. The highest BCUT2D eigenvalue weighted by atomic mass is 16.5. The second-order valence-electron chi connectivity index (χ2n) is 5.59. The summed E-state index contributed by atoms with van der Waals surface area (Å²) in [5.74, 6) is 1.99. The van der Waals surface area contributed by atoms with Crippen molar-refractivity contribution in [2.75, 3.05) is 27.3 Å². The number of benzene rings is 1. The molecule has 0 N–H and O–H groups in total. The number of carbonyl (C=O) groups is 1. The number of hydrogen-bond acceptors (Lipinski definition) is 5. The molecule has 122 valence electrons. The van der Waals surface area contributed by atoms with Crippen LogP contribution in [0.25, 0.3) is 0 Å². The van der Waals surface area contributed by atoms with Crippen molar-refractivity contribution in [3.63, 3.8) is 0 Å². The maximum atomic E-state index is 12.5. The first-order chi connectivity index (χ1) is 11.1. The largest absolute Gasteiger partial charge is 0.493 e. The van der Waals surface area contributed by atoms with Gasteiger partial charge in [0, 0.05) is 19.2 Å². The Morgan fingerprint density at radius 3 is 2.09 bits per heavy atom. The zero-order valence-electron chi connectivity index (χ0n) is 13.6. The lowest BCUT2D eigenvalue weighted by Crippen LogP contribution is -2.33. The average Bonchev–Trinajstić information content (AvgIpc) is 2.89. The summed E-state index contributed by atoms with van der Waals surface area (Å²) in [5.41, 5.74) is 2.74. The molecule has 0 spiro atoms. The molecule has 0 aliphatic carbocycles. The van der Waals surface area contributed by atoms with E-state index in [1.165, 1.54) is 11.1 Å². The second kappa shape index (κ2) is 6.32. The van der Waals surface area contributed by atoms with Crippen LogP contribution in [-0.2, 0) is 12.8 Å². The van der Waals surface area contributed by atoms with E-state index in [2.05, 4.69) is 5.16 Å².